The van der Waals surface area contributed by atoms with Gasteiger partial charge in [-0.25, -0.2) is 8.78 Å². The van der Waals surface area contributed by atoms with Gasteiger partial charge in [0.1, 0.15) is 17.2 Å². The molecular formula is C14H10F2N4S. The van der Waals surface area contributed by atoms with Crippen LogP contribution in [0.15, 0.2) is 36.5 Å². The second-order valence-corrected chi connectivity index (χ2v) is 4.82. The zero-order valence-electron chi connectivity index (χ0n) is 11.0. The quantitative estimate of drug-likeness (QED) is 0.736. The topological polar surface area (TPSA) is 46.5 Å². The summed E-state index contributed by atoms with van der Waals surface area (Å²) in [5.41, 5.74) is 0.529. The fourth-order valence-electron chi connectivity index (χ4n) is 2.02. The van der Waals surface area contributed by atoms with Crippen molar-refractivity contribution in [1.82, 2.24) is 19.7 Å². The molecule has 1 aromatic carbocycles. The molecule has 0 bridgehead atoms. The minimum atomic E-state index is -0.715. The number of benzene rings is 1. The van der Waals surface area contributed by atoms with Gasteiger partial charge in [-0.1, -0.05) is 12.1 Å². The molecule has 0 saturated carbocycles. The number of hydrogen-bond acceptors (Lipinski definition) is 3. The van der Waals surface area contributed by atoms with Crippen molar-refractivity contribution in [2.24, 2.45) is 0 Å². The molecule has 0 atom stereocenters. The highest BCUT2D eigenvalue weighted by atomic mass is 32.1. The van der Waals surface area contributed by atoms with Gasteiger partial charge in [-0.2, -0.15) is 5.10 Å². The largest absolute Gasteiger partial charge is 0.261 e. The number of nitrogens with one attached hydrogen (secondary N) is 1. The number of aryl methyl sites for hydroxylation is 1. The first-order chi connectivity index (χ1) is 10.1. The van der Waals surface area contributed by atoms with Gasteiger partial charge in [0, 0.05) is 6.20 Å². The Hall–Kier alpha value is -2.41. The molecule has 0 aliphatic carbocycles. The molecule has 0 amide bonds. The van der Waals surface area contributed by atoms with Crippen LogP contribution in [-0.4, -0.2) is 19.7 Å². The Balaban J connectivity index is 2.33. The summed E-state index contributed by atoms with van der Waals surface area (Å²) in [4.78, 5) is 4.14. The van der Waals surface area contributed by atoms with Crippen LogP contribution >= 0.6 is 12.2 Å². The van der Waals surface area contributed by atoms with Crippen molar-refractivity contribution in [2.45, 2.75) is 6.92 Å². The van der Waals surface area contributed by atoms with E-state index in [0.29, 0.717) is 11.3 Å². The first kappa shape index (κ1) is 13.6. The van der Waals surface area contributed by atoms with E-state index in [1.54, 1.807) is 31.3 Å². The molecule has 3 aromatic rings. The first-order valence-electron chi connectivity index (χ1n) is 6.13. The van der Waals surface area contributed by atoms with Crippen LogP contribution in [-0.2, 0) is 0 Å². The molecule has 3 rings (SSSR count). The highest BCUT2D eigenvalue weighted by molar-refractivity contribution is 7.71. The normalized spacial score (nSPS) is 10.8. The minimum Gasteiger partial charge on any atom is -0.261 e. The molecule has 0 radical (unpaired) electrons. The highest BCUT2D eigenvalue weighted by Gasteiger charge is 2.19. The average molecular weight is 304 g/mol. The second-order valence-electron chi connectivity index (χ2n) is 4.43. The summed E-state index contributed by atoms with van der Waals surface area (Å²) in [6, 6.07) is 7.76. The molecule has 0 saturated heterocycles. The fourth-order valence-corrected chi connectivity index (χ4v) is 2.24. The molecule has 2 aromatic heterocycles. The van der Waals surface area contributed by atoms with Gasteiger partial charge in [0.05, 0.1) is 0 Å². The van der Waals surface area contributed by atoms with E-state index in [1.165, 1.54) is 16.7 Å². The molecule has 21 heavy (non-hydrogen) atoms. The van der Waals surface area contributed by atoms with Gasteiger partial charge < -0.3 is 0 Å². The smallest absolute Gasteiger partial charge is 0.200 e. The van der Waals surface area contributed by atoms with Gasteiger partial charge in [-0.05, 0) is 42.9 Å². The van der Waals surface area contributed by atoms with E-state index >= 15 is 0 Å². The van der Waals surface area contributed by atoms with Crippen LogP contribution in [0.1, 0.15) is 5.56 Å². The predicted octanol–water partition coefficient (Wildman–Crippen LogP) is 3.58. The molecule has 4 nitrogen and oxygen atoms in total. The van der Waals surface area contributed by atoms with Crippen LogP contribution in [0.3, 0.4) is 0 Å². The number of hydrogen-bond donors (Lipinski definition) is 1. The zero-order chi connectivity index (χ0) is 15.0. The summed E-state index contributed by atoms with van der Waals surface area (Å²) in [5, 5.41) is 6.57. The van der Waals surface area contributed by atoms with E-state index in [1.807, 2.05) is 0 Å². The third-order valence-electron chi connectivity index (χ3n) is 3.05. The van der Waals surface area contributed by atoms with E-state index in [4.69, 9.17) is 12.2 Å². The maximum atomic E-state index is 14.3. The van der Waals surface area contributed by atoms with Crippen molar-refractivity contribution in [3.8, 4) is 17.2 Å². The first-order valence-corrected chi connectivity index (χ1v) is 6.54. The monoisotopic (exact) mass is 304 g/mol. The third-order valence-corrected chi connectivity index (χ3v) is 3.32. The van der Waals surface area contributed by atoms with Crippen LogP contribution in [0.25, 0.3) is 17.2 Å². The molecule has 0 aliphatic rings. The van der Waals surface area contributed by atoms with E-state index in [9.17, 15) is 8.78 Å². The Labute approximate surface area is 124 Å². The predicted molar refractivity (Wildman–Crippen MR) is 76.6 cm³/mol. The number of aromatic nitrogens is 4. The van der Waals surface area contributed by atoms with E-state index in [-0.39, 0.29) is 16.3 Å². The molecule has 0 unspecified atom stereocenters. The summed E-state index contributed by atoms with van der Waals surface area (Å²) in [6.07, 6.45) is 1.57. The number of halogens is 2. The standard InChI is InChI=1S/C14H10F2N4S/c1-8-5-6-9(15)12(11(8)16)20-13(18-19-14(20)21)10-4-2-3-7-17-10/h2-7H,1H3,(H,19,21). The van der Waals surface area contributed by atoms with E-state index in [2.05, 4.69) is 15.2 Å². The number of rotatable bonds is 2. The van der Waals surface area contributed by atoms with Crippen LogP contribution in [0.2, 0.25) is 0 Å². The Bertz CT molecular complexity index is 855. The lowest BCUT2D eigenvalue weighted by Crippen LogP contribution is -2.06. The molecule has 0 fully saturated rings. The van der Waals surface area contributed by atoms with Gasteiger partial charge in [0.25, 0.3) is 0 Å². The van der Waals surface area contributed by atoms with Crippen molar-refractivity contribution in [2.75, 3.05) is 0 Å². The van der Waals surface area contributed by atoms with Crippen LogP contribution in [0.5, 0.6) is 0 Å². The number of aromatic amines is 1. The molecular weight excluding hydrogens is 294 g/mol. The summed E-state index contributed by atoms with van der Waals surface area (Å²) in [7, 11) is 0. The molecule has 7 heteroatoms. The van der Waals surface area contributed by atoms with Crippen LogP contribution in [0.4, 0.5) is 8.78 Å². The fraction of sp³-hybridized carbons (Fsp3) is 0.0714. The molecule has 0 spiro atoms. The Morgan fingerprint density at radius 1 is 1.19 bits per heavy atom. The van der Waals surface area contributed by atoms with Gasteiger partial charge in [-0.3, -0.25) is 14.6 Å². The molecule has 2 heterocycles. The maximum absolute atomic E-state index is 14.3. The van der Waals surface area contributed by atoms with Crippen molar-refractivity contribution in [3.05, 3.63) is 58.5 Å². The van der Waals surface area contributed by atoms with Crippen LogP contribution < -0.4 is 0 Å². The van der Waals surface area contributed by atoms with Crippen molar-refractivity contribution < 1.29 is 8.78 Å². The SMILES string of the molecule is Cc1ccc(F)c(-n2c(-c3ccccn3)n[nH]c2=S)c1F. The summed E-state index contributed by atoms with van der Waals surface area (Å²) in [6.45, 7) is 1.56. The molecule has 1 N–H and O–H groups in total. The molecule has 0 aliphatic heterocycles. The van der Waals surface area contributed by atoms with Crippen molar-refractivity contribution >= 4 is 12.2 Å². The average Bonchev–Trinajstić information content (AvgIpc) is 2.87. The van der Waals surface area contributed by atoms with E-state index in [0.717, 1.165) is 0 Å². The Morgan fingerprint density at radius 2 is 2.00 bits per heavy atom. The van der Waals surface area contributed by atoms with Crippen molar-refractivity contribution in [1.29, 1.82) is 0 Å². The van der Waals surface area contributed by atoms with E-state index < -0.39 is 11.6 Å². The summed E-state index contributed by atoms with van der Waals surface area (Å²) >= 11 is 5.10. The number of H-pyrrole nitrogens is 1. The van der Waals surface area contributed by atoms with Crippen LogP contribution in [0, 0.1) is 23.3 Å². The van der Waals surface area contributed by atoms with Gasteiger partial charge >= 0.3 is 0 Å². The van der Waals surface area contributed by atoms with Gasteiger partial charge in [-0.15, -0.1) is 0 Å². The minimum absolute atomic E-state index is 0.0963. The van der Waals surface area contributed by atoms with Crippen molar-refractivity contribution in [3.63, 3.8) is 0 Å². The maximum Gasteiger partial charge on any atom is 0.200 e. The lowest BCUT2D eigenvalue weighted by Gasteiger charge is -2.10. The number of nitrogens with zero attached hydrogens (tertiary/aromatic N) is 3. The second kappa shape index (κ2) is 5.17. The van der Waals surface area contributed by atoms with Gasteiger partial charge in [0.15, 0.2) is 16.4 Å². The third kappa shape index (κ3) is 2.25. The zero-order valence-corrected chi connectivity index (χ0v) is 11.8. The van der Waals surface area contributed by atoms with Gasteiger partial charge in [0.2, 0.25) is 0 Å². The highest BCUT2D eigenvalue weighted by Crippen LogP contribution is 2.25. The summed E-state index contributed by atoms with van der Waals surface area (Å²) in [5.74, 6) is -1.14. The number of pyridine rings is 1. The Kier molecular flexibility index (Phi) is 3.34. The lowest BCUT2D eigenvalue weighted by molar-refractivity contribution is 0.563. The molecule has 106 valence electrons. The summed E-state index contributed by atoms with van der Waals surface area (Å²) < 4.78 is 29.7. The Morgan fingerprint density at radius 3 is 2.71 bits per heavy atom. The lowest BCUT2D eigenvalue weighted by atomic mass is 10.2.